The lowest BCUT2D eigenvalue weighted by atomic mass is 10.2. The van der Waals surface area contributed by atoms with Crippen molar-refractivity contribution < 1.29 is 44.0 Å². The second-order valence-corrected chi connectivity index (χ2v) is 9.16. The zero-order chi connectivity index (χ0) is 24.7. The van der Waals surface area contributed by atoms with E-state index in [1.54, 1.807) is 0 Å². The van der Waals surface area contributed by atoms with E-state index < -0.39 is 44.8 Å². The fourth-order valence-corrected chi connectivity index (χ4v) is 4.74. The van der Waals surface area contributed by atoms with Crippen LogP contribution >= 0.6 is 0 Å². The van der Waals surface area contributed by atoms with E-state index in [1.807, 2.05) is 0 Å². The number of nitrogens with zero attached hydrogens (tertiary/aromatic N) is 4. The molecule has 0 aliphatic carbocycles. The third kappa shape index (κ3) is 4.99. The smallest absolute Gasteiger partial charge is 0.471 e. The normalized spacial score (nSPS) is 17.8. The summed E-state index contributed by atoms with van der Waals surface area (Å²) in [5.41, 5.74) is -0.944. The van der Waals surface area contributed by atoms with Gasteiger partial charge in [-0.15, -0.1) is 0 Å². The van der Waals surface area contributed by atoms with E-state index in [2.05, 4.69) is 19.6 Å². The van der Waals surface area contributed by atoms with Crippen LogP contribution in [0.2, 0.25) is 0 Å². The highest BCUT2D eigenvalue weighted by molar-refractivity contribution is 7.89. The lowest BCUT2D eigenvalue weighted by molar-refractivity contribution is -0.159. The van der Waals surface area contributed by atoms with Crippen molar-refractivity contribution in [3.05, 3.63) is 54.0 Å². The molecule has 3 heterocycles. The number of pyridine rings is 1. The van der Waals surface area contributed by atoms with Crippen LogP contribution in [0.1, 0.15) is 17.9 Å². The standard InChI is InChI=1S/C19H14F6N4O4S/c20-18(21,22)12-2-1-3-14(8-12)34(30,31)29-7-6-13(10-29)32-15-5-4-11(9-26-15)16-27-17(33-28-16)19(23,24)25/h1-5,8-9,13H,6-7,10H2/t13-/m1/s1. The molecule has 1 atom stereocenters. The highest BCUT2D eigenvalue weighted by Crippen LogP contribution is 2.32. The minimum atomic E-state index is -4.79. The van der Waals surface area contributed by atoms with Crippen LogP contribution in [0.5, 0.6) is 5.88 Å². The summed E-state index contributed by atoms with van der Waals surface area (Å²) in [5, 5.41) is 3.24. The molecular formula is C19H14F6N4O4S. The zero-order valence-corrected chi connectivity index (χ0v) is 17.7. The van der Waals surface area contributed by atoms with E-state index >= 15 is 0 Å². The molecule has 2 aromatic heterocycles. The summed E-state index contributed by atoms with van der Waals surface area (Å²) in [4.78, 5) is 6.72. The van der Waals surface area contributed by atoms with Gasteiger partial charge in [0.1, 0.15) is 6.10 Å². The Kier molecular flexibility index (Phi) is 6.01. The topological polar surface area (TPSA) is 98.4 Å². The van der Waals surface area contributed by atoms with Gasteiger partial charge in [0.05, 0.1) is 17.0 Å². The number of halogens is 6. The Morgan fingerprint density at radius 3 is 2.44 bits per heavy atom. The molecule has 3 aromatic rings. The molecule has 1 aliphatic heterocycles. The molecule has 4 rings (SSSR count). The van der Waals surface area contributed by atoms with Crippen LogP contribution < -0.4 is 4.74 Å². The fraction of sp³-hybridized carbons (Fsp3) is 0.316. The molecule has 34 heavy (non-hydrogen) atoms. The molecule has 0 amide bonds. The van der Waals surface area contributed by atoms with E-state index in [-0.39, 0.29) is 36.8 Å². The van der Waals surface area contributed by atoms with E-state index in [0.717, 1.165) is 28.7 Å². The first-order valence-corrected chi connectivity index (χ1v) is 11.0. The van der Waals surface area contributed by atoms with Crippen molar-refractivity contribution in [2.45, 2.75) is 29.8 Å². The first-order valence-electron chi connectivity index (χ1n) is 9.55. The Hall–Kier alpha value is -3.20. The van der Waals surface area contributed by atoms with E-state index in [9.17, 15) is 34.8 Å². The van der Waals surface area contributed by atoms with Gasteiger partial charge in [0, 0.05) is 24.4 Å². The van der Waals surface area contributed by atoms with Crippen LogP contribution in [0.15, 0.2) is 52.0 Å². The summed E-state index contributed by atoms with van der Waals surface area (Å²) in [7, 11) is -4.19. The van der Waals surface area contributed by atoms with Crippen molar-refractivity contribution in [2.24, 2.45) is 0 Å². The number of hydrogen-bond acceptors (Lipinski definition) is 7. The zero-order valence-electron chi connectivity index (χ0n) is 16.8. The fourth-order valence-electron chi connectivity index (χ4n) is 3.20. The first-order chi connectivity index (χ1) is 15.8. The lowest BCUT2D eigenvalue weighted by Gasteiger charge is -2.18. The summed E-state index contributed by atoms with van der Waals surface area (Å²) in [6.07, 6.45) is -8.70. The quantitative estimate of drug-likeness (QED) is 0.481. The van der Waals surface area contributed by atoms with E-state index in [4.69, 9.17) is 4.74 Å². The molecular weight excluding hydrogens is 494 g/mol. The Labute approximate surface area is 188 Å². The minimum absolute atomic E-state index is 0.0183. The van der Waals surface area contributed by atoms with Gasteiger partial charge in [0.25, 0.3) is 0 Å². The number of hydrogen-bond donors (Lipinski definition) is 0. The van der Waals surface area contributed by atoms with Gasteiger partial charge in [0.2, 0.25) is 21.7 Å². The number of aromatic nitrogens is 3. The molecule has 1 saturated heterocycles. The molecule has 182 valence electrons. The number of alkyl halides is 6. The van der Waals surface area contributed by atoms with Crippen LogP contribution in [0, 0.1) is 0 Å². The molecule has 8 nitrogen and oxygen atoms in total. The molecule has 0 spiro atoms. The van der Waals surface area contributed by atoms with Gasteiger partial charge in [-0.3, -0.25) is 0 Å². The van der Waals surface area contributed by atoms with Gasteiger partial charge in [-0.05, 0) is 30.7 Å². The van der Waals surface area contributed by atoms with Gasteiger partial charge in [-0.2, -0.15) is 35.6 Å². The highest BCUT2D eigenvalue weighted by Gasteiger charge is 2.39. The van der Waals surface area contributed by atoms with E-state index in [1.165, 1.54) is 12.1 Å². The van der Waals surface area contributed by atoms with Gasteiger partial charge >= 0.3 is 18.2 Å². The number of sulfonamides is 1. The Morgan fingerprint density at radius 2 is 1.82 bits per heavy atom. The second-order valence-electron chi connectivity index (χ2n) is 7.22. The van der Waals surface area contributed by atoms with Crippen LogP contribution in [0.4, 0.5) is 26.3 Å². The van der Waals surface area contributed by atoms with Crippen LogP contribution in [0.25, 0.3) is 11.4 Å². The van der Waals surface area contributed by atoms with Crippen LogP contribution in [-0.4, -0.2) is 47.0 Å². The Balaban J connectivity index is 1.42. The van der Waals surface area contributed by atoms with Crippen LogP contribution in [-0.2, 0) is 22.4 Å². The molecule has 15 heteroatoms. The predicted molar refractivity (Wildman–Crippen MR) is 102 cm³/mol. The van der Waals surface area contributed by atoms with Crippen molar-refractivity contribution >= 4 is 10.0 Å². The maximum Gasteiger partial charge on any atom is 0.471 e. The SMILES string of the molecule is O=S(=O)(c1cccc(C(F)(F)F)c1)N1CC[C@@H](Oc2ccc(-c3noc(C(F)(F)F)n3)cn2)C1. The Bertz CT molecular complexity index is 1270. The van der Waals surface area contributed by atoms with Crippen molar-refractivity contribution in [2.75, 3.05) is 13.1 Å². The third-order valence-electron chi connectivity index (χ3n) is 4.86. The molecule has 0 saturated carbocycles. The average molecular weight is 508 g/mol. The maximum absolute atomic E-state index is 12.9. The van der Waals surface area contributed by atoms with Crippen molar-refractivity contribution in [3.8, 4) is 17.3 Å². The second kappa shape index (κ2) is 8.54. The summed E-state index contributed by atoms with van der Waals surface area (Å²) in [6.45, 7) is -0.105. The van der Waals surface area contributed by atoms with Crippen molar-refractivity contribution in [1.82, 2.24) is 19.4 Å². The molecule has 0 radical (unpaired) electrons. The monoisotopic (exact) mass is 508 g/mol. The van der Waals surface area contributed by atoms with Crippen LogP contribution in [0.3, 0.4) is 0 Å². The van der Waals surface area contributed by atoms with Gasteiger partial charge < -0.3 is 9.26 Å². The van der Waals surface area contributed by atoms with Gasteiger partial charge in [-0.1, -0.05) is 11.2 Å². The molecule has 1 fully saturated rings. The van der Waals surface area contributed by atoms with Crippen molar-refractivity contribution in [1.29, 1.82) is 0 Å². The molecule has 1 aromatic carbocycles. The highest BCUT2D eigenvalue weighted by atomic mass is 32.2. The third-order valence-corrected chi connectivity index (χ3v) is 6.72. The van der Waals surface area contributed by atoms with Crippen molar-refractivity contribution in [3.63, 3.8) is 0 Å². The van der Waals surface area contributed by atoms with E-state index in [0.29, 0.717) is 6.07 Å². The molecule has 1 aliphatic rings. The summed E-state index contributed by atoms with van der Waals surface area (Å²) < 4.78 is 113. The number of benzene rings is 1. The lowest BCUT2D eigenvalue weighted by Crippen LogP contribution is -2.31. The predicted octanol–water partition coefficient (Wildman–Crippen LogP) is 4.01. The molecule has 0 N–H and O–H groups in total. The Morgan fingerprint density at radius 1 is 1.06 bits per heavy atom. The van der Waals surface area contributed by atoms with Gasteiger partial charge in [-0.25, -0.2) is 13.4 Å². The average Bonchev–Trinajstić information content (AvgIpc) is 3.44. The summed E-state index contributed by atoms with van der Waals surface area (Å²) >= 11 is 0. The van der Waals surface area contributed by atoms with Gasteiger partial charge in [0.15, 0.2) is 0 Å². The largest absolute Gasteiger partial charge is 0.473 e. The maximum atomic E-state index is 12.9. The number of ether oxygens (including phenoxy) is 1. The summed E-state index contributed by atoms with van der Waals surface area (Å²) in [5.74, 6) is -1.77. The minimum Gasteiger partial charge on any atom is -0.473 e. The summed E-state index contributed by atoms with van der Waals surface area (Å²) in [6, 6.07) is 6.14. The first kappa shape index (κ1) is 23.9. The number of rotatable bonds is 5. The molecule has 0 bridgehead atoms. The molecule has 0 unspecified atom stereocenters.